The zero-order chi connectivity index (χ0) is 19.3. The maximum absolute atomic E-state index is 12.3. The molecule has 0 radical (unpaired) electrons. The third-order valence-electron chi connectivity index (χ3n) is 4.02. The van der Waals surface area contributed by atoms with Gasteiger partial charge in [0.1, 0.15) is 19.0 Å². The molecule has 0 saturated carbocycles. The summed E-state index contributed by atoms with van der Waals surface area (Å²) in [4.78, 5) is 17.7. The van der Waals surface area contributed by atoms with Gasteiger partial charge < -0.3 is 19.5 Å². The van der Waals surface area contributed by atoms with Crippen molar-refractivity contribution in [3.63, 3.8) is 0 Å². The van der Waals surface area contributed by atoms with Crippen LogP contribution in [-0.2, 0) is 4.79 Å². The summed E-state index contributed by atoms with van der Waals surface area (Å²) in [6, 6.07) is 13.4. The lowest BCUT2D eigenvalue weighted by atomic mass is 10.2. The summed E-state index contributed by atoms with van der Waals surface area (Å²) >= 11 is 2.85. The minimum Gasteiger partial charge on any atom is -0.497 e. The van der Waals surface area contributed by atoms with Gasteiger partial charge in [-0.3, -0.25) is 4.79 Å². The summed E-state index contributed by atoms with van der Waals surface area (Å²) in [5.74, 6) is 2.45. The molecule has 2 heterocycles. The number of rotatable bonds is 6. The van der Waals surface area contributed by atoms with E-state index in [1.165, 1.54) is 23.1 Å². The van der Waals surface area contributed by atoms with Crippen molar-refractivity contribution >= 4 is 34.1 Å². The van der Waals surface area contributed by atoms with Crippen LogP contribution in [0.25, 0.3) is 11.3 Å². The number of carbonyl (C=O) groups is 1. The Labute approximate surface area is 170 Å². The minimum atomic E-state index is -0.101. The average Bonchev–Trinajstić information content (AvgIpc) is 3.20. The Kier molecular flexibility index (Phi) is 5.68. The van der Waals surface area contributed by atoms with Crippen molar-refractivity contribution in [2.75, 3.05) is 31.4 Å². The number of benzene rings is 2. The molecule has 2 aromatic carbocycles. The normalized spacial score (nSPS) is 12.5. The Hall–Kier alpha value is -2.71. The SMILES string of the molecule is COc1ccc(-c2csc(NC(=O)CSc3ccc4c(c3)OCCO4)n2)cc1. The first-order valence-electron chi connectivity index (χ1n) is 8.63. The van der Waals surface area contributed by atoms with Gasteiger partial charge in [-0.15, -0.1) is 23.1 Å². The lowest BCUT2D eigenvalue weighted by molar-refractivity contribution is -0.113. The lowest BCUT2D eigenvalue weighted by Gasteiger charge is -2.18. The number of nitrogens with one attached hydrogen (secondary N) is 1. The Morgan fingerprint density at radius 2 is 1.96 bits per heavy atom. The summed E-state index contributed by atoms with van der Waals surface area (Å²) in [5, 5.41) is 5.36. The predicted octanol–water partition coefficient (Wildman–Crippen LogP) is 4.32. The zero-order valence-corrected chi connectivity index (χ0v) is 16.8. The van der Waals surface area contributed by atoms with Crippen molar-refractivity contribution in [2.45, 2.75) is 4.90 Å². The second-order valence-corrected chi connectivity index (χ2v) is 7.82. The maximum Gasteiger partial charge on any atom is 0.236 e. The molecule has 0 aliphatic carbocycles. The van der Waals surface area contributed by atoms with E-state index < -0.39 is 0 Å². The van der Waals surface area contributed by atoms with Crippen LogP contribution in [0.5, 0.6) is 17.2 Å². The summed E-state index contributed by atoms with van der Waals surface area (Å²) < 4.78 is 16.2. The van der Waals surface area contributed by atoms with Crippen molar-refractivity contribution in [3.05, 3.63) is 47.8 Å². The van der Waals surface area contributed by atoms with E-state index in [2.05, 4.69) is 10.3 Å². The van der Waals surface area contributed by atoms with Crippen molar-refractivity contribution in [1.29, 1.82) is 0 Å². The van der Waals surface area contributed by atoms with Gasteiger partial charge in [-0.1, -0.05) is 0 Å². The van der Waals surface area contributed by atoms with E-state index in [1.54, 1.807) is 7.11 Å². The highest BCUT2D eigenvalue weighted by molar-refractivity contribution is 8.00. The molecule has 4 rings (SSSR count). The molecule has 0 fully saturated rings. The van der Waals surface area contributed by atoms with Gasteiger partial charge >= 0.3 is 0 Å². The predicted molar refractivity (Wildman–Crippen MR) is 111 cm³/mol. The fraction of sp³-hybridized carbons (Fsp3) is 0.200. The first-order chi connectivity index (χ1) is 13.7. The average molecular weight is 415 g/mol. The van der Waals surface area contributed by atoms with Gasteiger partial charge in [0.2, 0.25) is 5.91 Å². The first-order valence-corrected chi connectivity index (χ1v) is 10.5. The second kappa shape index (κ2) is 8.53. The Morgan fingerprint density at radius 1 is 1.18 bits per heavy atom. The fourth-order valence-corrected chi connectivity index (χ4v) is 4.10. The number of thiazole rings is 1. The van der Waals surface area contributed by atoms with E-state index in [9.17, 15) is 4.79 Å². The maximum atomic E-state index is 12.3. The number of amides is 1. The number of hydrogen-bond acceptors (Lipinski definition) is 7. The van der Waals surface area contributed by atoms with Crippen LogP contribution < -0.4 is 19.5 Å². The van der Waals surface area contributed by atoms with Crippen molar-refractivity contribution in [2.24, 2.45) is 0 Å². The van der Waals surface area contributed by atoms with Crippen LogP contribution in [0.1, 0.15) is 0 Å². The standard InChI is InChI=1S/C20H18N2O4S2/c1-24-14-4-2-13(3-5-14)16-11-28-20(21-16)22-19(23)12-27-15-6-7-17-18(10-15)26-9-8-25-17/h2-7,10-11H,8-9,12H2,1H3,(H,21,22,23). The molecule has 1 aliphatic rings. The van der Waals surface area contributed by atoms with E-state index in [0.29, 0.717) is 18.3 Å². The highest BCUT2D eigenvalue weighted by Gasteiger charge is 2.13. The molecule has 0 spiro atoms. The first kappa shape index (κ1) is 18.6. The minimum absolute atomic E-state index is 0.101. The van der Waals surface area contributed by atoms with E-state index in [4.69, 9.17) is 14.2 Å². The molecular formula is C20H18N2O4S2. The second-order valence-electron chi connectivity index (χ2n) is 5.91. The van der Waals surface area contributed by atoms with Crippen LogP contribution in [0.2, 0.25) is 0 Å². The summed E-state index contributed by atoms with van der Waals surface area (Å²) in [6.07, 6.45) is 0. The quantitative estimate of drug-likeness (QED) is 0.606. The largest absolute Gasteiger partial charge is 0.497 e. The number of fused-ring (bicyclic) bond motifs is 1. The van der Waals surface area contributed by atoms with Crippen LogP contribution in [0.4, 0.5) is 5.13 Å². The number of methoxy groups -OCH3 is 1. The topological polar surface area (TPSA) is 69.7 Å². The van der Waals surface area contributed by atoms with Crippen molar-refractivity contribution in [1.82, 2.24) is 4.98 Å². The van der Waals surface area contributed by atoms with Crippen LogP contribution in [0.3, 0.4) is 0 Å². The number of hydrogen-bond donors (Lipinski definition) is 1. The molecule has 28 heavy (non-hydrogen) atoms. The van der Waals surface area contributed by atoms with Gasteiger partial charge in [0.15, 0.2) is 16.6 Å². The molecule has 1 amide bonds. The summed E-state index contributed by atoms with van der Waals surface area (Å²) in [6.45, 7) is 1.11. The molecule has 3 aromatic rings. The molecule has 0 saturated heterocycles. The molecule has 0 unspecified atom stereocenters. The van der Waals surface area contributed by atoms with E-state index >= 15 is 0 Å². The molecule has 8 heteroatoms. The van der Waals surface area contributed by atoms with Crippen LogP contribution in [-0.4, -0.2) is 37.0 Å². The number of anilines is 1. The molecule has 1 aliphatic heterocycles. The molecular weight excluding hydrogens is 396 g/mol. The number of ether oxygens (including phenoxy) is 3. The van der Waals surface area contributed by atoms with Crippen LogP contribution in [0, 0.1) is 0 Å². The van der Waals surface area contributed by atoms with Gasteiger partial charge in [-0.05, 0) is 42.5 Å². The Morgan fingerprint density at radius 3 is 2.75 bits per heavy atom. The number of thioether (sulfide) groups is 1. The molecule has 6 nitrogen and oxygen atoms in total. The lowest BCUT2D eigenvalue weighted by Crippen LogP contribution is -2.15. The van der Waals surface area contributed by atoms with Crippen molar-refractivity contribution < 1.29 is 19.0 Å². The molecule has 1 N–H and O–H groups in total. The van der Waals surface area contributed by atoms with Gasteiger partial charge in [0, 0.05) is 15.8 Å². The molecule has 0 atom stereocenters. The smallest absolute Gasteiger partial charge is 0.236 e. The van der Waals surface area contributed by atoms with Crippen molar-refractivity contribution in [3.8, 4) is 28.5 Å². The van der Waals surface area contributed by atoms with E-state index in [-0.39, 0.29) is 11.7 Å². The molecule has 144 valence electrons. The van der Waals surface area contributed by atoms with E-state index in [1.807, 2.05) is 47.8 Å². The van der Waals surface area contributed by atoms with E-state index in [0.717, 1.165) is 33.4 Å². The third kappa shape index (κ3) is 4.40. The Balaban J connectivity index is 1.33. The Bertz CT molecular complexity index is 973. The number of nitrogens with zero attached hydrogens (tertiary/aromatic N) is 1. The molecule has 0 bridgehead atoms. The molecule has 1 aromatic heterocycles. The highest BCUT2D eigenvalue weighted by atomic mass is 32.2. The monoisotopic (exact) mass is 414 g/mol. The summed E-state index contributed by atoms with van der Waals surface area (Å²) in [7, 11) is 1.63. The van der Waals surface area contributed by atoms with Gasteiger partial charge in [-0.25, -0.2) is 4.98 Å². The number of carbonyl (C=O) groups excluding carboxylic acids is 1. The zero-order valence-electron chi connectivity index (χ0n) is 15.1. The summed E-state index contributed by atoms with van der Waals surface area (Å²) in [5.41, 5.74) is 1.80. The number of aromatic nitrogens is 1. The van der Waals surface area contributed by atoms with Gasteiger partial charge in [-0.2, -0.15) is 0 Å². The fourth-order valence-electron chi connectivity index (χ4n) is 2.64. The van der Waals surface area contributed by atoms with Crippen LogP contribution >= 0.6 is 23.1 Å². The van der Waals surface area contributed by atoms with Gasteiger partial charge in [0.25, 0.3) is 0 Å². The third-order valence-corrected chi connectivity index (χ3v) is 5.77. The highest BCUT2D eigenvalue weighted by Crippen LogP contribution is 2.34. The van der Waals surface area contributed by atoms with Crippen LogP contribution in [0.15, 0.2) is 52.7 Å². The van der Waals surface area contributed by atoms with Gasteiger partial charge in [0.05, 0.1) is 18.6 Å².